The van der Waals surface area contributed by atoms with Crippen LogP contribution in [0.5, 0.6) is 17.2 Å². The molecule has 0 aliphatic rings. The third-order valence-electron chi connectivity index (χ3n) is 3.97. The Balaban J connectivity index is 1.87. The van der Waals surface area contributed by atoms with Crippen LogP contribution in [0.3, 0.4) is 0 Å². The Kier molecular flexibility index (Phi) is 7.23. The van der Waals surface area contributed by atoms with Gasteiger partial charge >= 0.3 is 5.97 Å². The maximum Gasteiger partial charge on any atom is 0.344 e. The van der Waals surface area contributed by atoms with E-state index in [0.717, 1.165) is 0 Å². The predicted octanol–water partition coefficient (Wildman–Crippen LogP) is 3.63. The number of methoxy groups -OCH3 is 2. The maximum absolute atomic E-state index is 12.3. The number of ketones is 1. The molecule has 0 aliphatic heterocycles. The molecular weight excluding hydrogens is 348 g/mol. The molecule has 0 fully saturated rings. The molecule has 0 spiro atoms. The fraction of sp³-hybridized carbons (Fsp3) is 0.333. The van der Waals surface area contributed by atoms with Gasteiger partial charge in [-0.3, -0.25) is 4.79 Å². The van der Waals surface area contributed by atoms with Gasteiger partial charge in [-0.15, -0.1) is 0 Å². The topological polar surface area (TPSA) is 71.1 Å². The monoisotopic (exact) mass is 372 g/mol. The highest BCUT2D eigenvalue weighted by Crippen LogP contribution is 2.24. The van der Waals surface area contributed by atoms with Crippen molar-refractivity contribution in [3.05, 3.63) is 53.6 Å². The van der Waals surface area contributed by atoms with E-state index in [4.69, 9.17) is 18.9 Å². The zero-order valence-electron chi connectivity index (χ0n) is 16.0. The predicted molar refractivity (Wildman–Crippen MR) is 101 cm³/mol. The minimum absolute atomic E-state index is 0.274. The number of Topliss-reactive ketones (excluding diaryl/α,β-unsaturated/α-hetero) is 1. The van der Waals surface area contributed by atoms with Crippen LogP contribution in [0.4, 0.5) is 0 Å². The zero-order valence-corrected chi connectivity index (χ0v) is 16.0. The maximum atomic E-state index is 12.3. The molecule has 0 heterocycles. The number of hydrogen-bond donors (Lipinski definition) is 0. The summed E-state index contributed by atoms with van der Waals surface area (Å²) < 4.78 is 20.7. The summed E-state index contributed by atoms with van der Waals surface area (Å²) in [5.41, 5.74) is 1.47. The molecule has 0 N–H and O–H groups in total. The molecule has 2 rings (SSSR count). The van der Waals surface area contributed by atoms with Gasteiger partial charge in [0.15, 0.2) is 13.2 Å². The van der Waals surface area contributed by atoms with E-state index < -0.39 is 12.6 Å². The SMILES string of the molecule is COc1ccc(OC)c(C(=O)COC(=O)COc2ccc(C(C)C)cc2)c1. The summed E-state index contributed by atoms with van der Waals surface area (Å²) in [5.74, 6) is 0.872. The van der Waals surface area contributed by atoms with Crippen LogP contribution in [0.25, 0.3) is 0 Å². The summed E-state index contributed by atoms with van der Waals surface area (Å²) in [5, 5.41) is 0. The summed E-state index contributed by atoms with van der Waals surface area (Å²) in [4.78, 5) is 24.2. The van der Waals surface area contributed by atoms with Gasteiger partial charge in [-0.2, -0.15) is 0 Å². The quantitative estimate of drug-likeness (QED) is 0.494. The fourth-order valence-corrected chi connectivity index (χ4v) is 2.39. The van der Waals surface area contributed by atoms with E-state index in [0.29, 0.717) is 23.2 Å². The Hall–Kier alpha value is -3.02. The molecule has 6 nitrogen and oxygen atoms in total. The van der Waals surface area contributed by atoms with Crippen LogP contribution in [0.1, 0.15) is 35.7 Å². The summed E-state index contributed by atoms with van der Waals surface area (Å²) >= 11 is 0. The first-order chi connectivity index (χ1) is 12.9. The van der Waals surface area contributed by atoms with E-state index in [9.17, 15) is 9.59 Å². The smallest absolute Gasteiger partial charge is 0.344 e. The molecule has 0 amide bonds. The number of carbonyl (C=O) groups excluding carboxylic acids is 2. The second-order valence-corrected chi connectivity index (χ2v) is 6.16. The molecule has 2 aromatic rings. The van der Waals surface area contributed by atoms with Gasteiger partial charge in [0.1, 0.15) is 17.2 Å². The van der Waals surface area contributed by atoms with Crippen LogP contribution in [0.2, 0.25) is 0 Å². The average Bonchev–Trinajstić information content (AvgIpc) is 2.70. The second-order valence-electron chi connectivity index (χ2n) is 6.16. The molecule has 0 atom stereocenters. The van der Waals surface area contributed by atoms with Crippen molar-refractivity contribution in [2.45, 2.75) is 19.8 Å². The molecule has 2 aromatic carbocycles. The molecule has 0 unspecified atom stereocenters. The van der Waals surface area contributed by atoms with Crippen LogP contribution < -0.4 is 14.2 Å². The van der Waals surface area contributed by atoms with Crippen molar-refractivity contribution in [2.75, 3.05) is 27.4 Å². The molecule has 0 radical (unpaired) electrons. The van der Waals surface area contributed by atoms with Gasteiger partial charge in [-0.05, 0) is 41.8 Å². The summed E-state index contributed by atoms with van der Waals surface area (Å²) in [6.07, 6.45) is 0. The Morgan fingerprint density at radius 1 is 0.889 bits per heavy atom. The number of ether oxygens (including phenoxy) is 4. The molecule has 0 aromatic heterocycles. The zero-order chi connectivity index (χ0) is 19.8. The van der Waals surface area contributed by atoms with Crippen molar-refractivity contribution in [3.8, 4) is 17.2 Å². The number of benzene rings is 2. The fourth-order valence-electron chi connectivity index (χ4n) is 2.39. The van der Waals surface area contributed by atoms with Gasteiger partial charge in [0, 0.05) is 0 Å². The first kappa shape index (κ1) is 20.3. The van der Waals surface area contributed by atoms with Gasteiger partial charge in [-0.25, -0.2) is 4.79 Å². The van der Waals surface area contributed by atoms with E-state index in [1.54, 1.807) is 30.3 Å². The van der Waals surface area contributed by atoms with Crippen LogP contribution in [-0.4, -0.2) is 39.2 Å². The van der Waals surface area contributed by atoms with Gasteiger partial charge in [0.05, 0.1) is 19.8 Å². The van der Waals surface area contributed by atoms with Crippen molar-refractivity contribution < 1.29 is 28.5 Å². The summed E-state index contributed by atoms with van der Waals surface area (Å²) in [6, 6.07) is 12.3. The lowest BCUT2D eigenvalue weighted by Gasteiger charge is -2.11. The van der Waals surface area contributed by atoms with Crippen molar-refractivity contribution in [1.82, 2.24) is 0 Å². The lowest BCUT2D eigenvalue weighted by atomic mass is 10.0. The van der Waals surface area contributed by atoms with Gasteiger partial charge in [0.2, 0.25) is 5.78 Å². The summed E-state index contributed by atoms with van der Waals surface area (Å²) in [7, 11) is 2.96. The number of carbonyl (C=O) groups is 2. The third kappa shape index (κ3) is 5.74. The Bertz CT molecular complexity index is 780. The molecule has 0 aliphatic carbocycles. The third-order valence-corrected chi connectivity index (χ3v) is 3.97. The van der Waals surface area contributed by atoms with Crippen molar-refractivity contribution in [2.24, 2.45) is 0 Å². The lowest BCUT2D eigenvalue weighted by molar-refractivity contribution is -0.144. The highest BCUT2D eigenvalue weighted by molar-refractivity contribution is 6.00. The first-order valence-corrected chi connectivity index (χ1v) is 8.58. The number of rotatable bonds is 9. The Morgan fingerprint density at radius 3 is 2.15 bits per heavy atom. The van der Waals surface area contributed by atoms with Crippen LogP contribution in [0.15, 0.2) is 42.5 Å². The molecule has 0 bridgehead atoms. The van der Waals surface area contributed by atoms with E-state index >= 15 is 0 Å². The van der Waals surface area contributed by atoms with Gasteiger partial charge in [-0.1, -0.05) is 26.0 Å². The largest absolute Gasteiger partial charge is 0.497 e. The highest BCUT2D eigenvalue weighted by atomic mass is 16.6. The van der Waals surface area contributed by atoms with Crippen molar-refractivity contribution in [1.29, 1.82) is 0 Å². The van der Waals surface area contributed by atoms with Gasteiger partial charge in [0.25, 0.3) is 0 Å². The number of hydrogen-bond acceptors (Lipinski definition) is 6. The molecule has 0 saturated heterocycles. The summed E-state index contributed by atoms with van der Waals surface area (Å²) in [6.45, 7) is 3.52. The molecule has 27 heavy (non-hydrogen) atoms. The molecular formula is C21H24O6. The van der Waals surface area contributed by atoms with Gasteiger partial charge < -0.3 is 18.9 Å². The standard InChI is InChI=1S/C21H24O6/c1-14(2)15-5-7-16(8-6-15)26-13-21(23)27-12-19(22)18-11-17(24-3)9-10-20(18)25-4/h5-11,14H,12-13H2,1-4H3. The van der Waals surface area contributed by atoms with Crippen molar-refractivity contribution in [3.63, 3.8) is 0 Å². The van der Waals surface area contributed by atoms with E-state index in [2.05, 4.69) is 13.8 Å². The highest BCUT2D eigenvalue weighted by Gasteiger charge is 2.16. The van der Waals surface area contributed by atoms with Crippen LogP contribution >= 0.6 is 0 Å². The lowest BCUT2D eigenvalue weighted by Crippen LogP contribution is -2.20. The number of esters is 1. The average molecular weight is 372 g/mol. The van der Waals surface area contributed by atoms with Crippen LogP contribution in [0, 0.1) is 0 Å². The minimum Gasteiger partial charge on any atom is -0.497 e. The van der Waals surface area contributed by atoms with Crippen LogP contribution in [-0.2, 0) is 9.53 Å². The Morgan fingerprint density at radius 2 is 1.56 bits per heavy atom. The second kappa shape index (κ2) is 9.62. The molecule has 0 saturated carbocycles. The van der Waals surface area contributed by atoms with Crippen molar-refractivity contribution >= 4 is 11.8 Å². The first-order valence-electron chi connectivity index (χ1n) is 8.58. The normalized spacial score (nSPS) is 10.4. The van der Waals surface area contributed by atoms with E-state index in [-0.39, 0.29) is 18.0 Å². The Labute approximate surface area is 159 Å². The minimum atomic E-state index is -0.627. The van der Waals surface area contributed by atoms with E-state index in [1.807, 2.05) is 12.1 Å². The molecule has 6 heteroatoms. The molecule has 144 valence electrons. The van der Waals surface area contributed by atoms with E-state index in [1.165, 1.54) is 19.8 Å².